The molecule has 108 valence electrons. The van der Waals surface area contributed by atoms with Crippen LogP contribution in [0.3, 0.4) is 0 Å². The van der Waals surface area contributed by atoms with E-state index in [-0.39, 0.29) is 5.91 Å². The summed E-state index contributed by atoms with van der Waals surface area (Å²) < 4.78 is 2.70. The van der Waals surface area contributed by atoms with Crippen LogP contribution < -0.4 is 11.1 Å². The molecule has 0 aliphatic carbocycles. The molecule has 0 saturated heterocycles. The van der Waals surface area contributed by atoms with Crippen molar-refractivity contribution in [1.82, 2.24) is 20.3 Å². The summed E-state index contributed by atoms with van der Waals surface area (Å²) in [4.78, 5) is 12.8. The number of hydrogen-bond donors (Lipinski definition) is 2. The Kier molecular flexibility index (Phi) is 3.57. The SMILES string of the molecule is Cc1ccc2c(N)c(C(=O)NCCn3ccnn3)sc2c1. The van der Waals surface area contributed by atoms with Crippen LogP contribution in [0.4, 0.5) is 5.69 Å². The molecule has 21 heavy (non-hydrogen) atoms. The number of aromatic nitrogens is 3. The number of rotatable bonds is 4. The molecule has 2 heterocycles. The van der Waals surface area contributed by atoms with Crippen molar-refractivity contribution >= 4 is 33.0 Å². The van der Waals surface area contributed by atoms with Crippen molar-refractivity contribution in [3.8, 4) is 0 Å². The Morgan fingerprint density at radius 1 is 1.48 bits per heavy atom. The first-order valence-corrected chi connectivity index (χ1v) is 7.38. The first-order valence-electron chi connectivity index (χ1n) is 6.56. The summed E-state index contributed by atoms with van der Waals surface area (Å²) in [6, 6.07) is 6.00. The lowest BCUT2D eigenvalue weighted by molar-refractivity contribution is 0.0957. The smallest absolute Gasteiger partial charge is 0.263 e. The molecule has 0 spiro atoms. The van der Waals surface area contributed by atoms with Crippen LogP contribution in [0.2, 0.25) is 0 Å². The van der Waals surface area contributed by atoms with Crippen molar-refractivity contribution in [2.45, 2.75) is 13.5 Å². The standard InChI is InChI=1S/C14H15N5OS/c1-9-2-3-10-11(8-9)21-13(12(10)15)14(20)16-4-6-19-7-5-17-18-19/h2-3,5,7-8H,4,6,15H2,1H3,(H,16,20). The molecule has 0 unspecified atom stereocenters. The molecule has 0 aliphatic rings. The number of nitrogens with one attached hydrogen (secondary N) is 1. The lowest BCUT2D eigenvalue weighted by Gasteiger charge is -2.04. The van der Waals surface area contributed by atoms with E-state index in [1.807, 2.05) is 25.1 Å². The van der Waals surface area contributed by atoms with Gasteiger partial charge in [0.05, 0.1) is 18.4 Å². The zero-order valence-electron chi connectivity index (χ0n) is 11.5. The van der Waals surface area contributed by atoms with Crippen LogP contribution in [0.1, 0.15) is 15.2 Å². The van der Waals surface area contributed by atoms with Gasteiger partial charge in [-0.1, -0.05) is 17.3 Å². The van der Waals surface area contributed by atoms with Gasteiger partial charge in [0.25, 0.3) is 5.91 Å². The zero-order chi connectivity index (χ0) is 14.8. The van der Waals surface area contributed by atoms with Crippen LogP contribution in [0.25, 0.3) is 10.1 Å². The van der Waals surface area contributed by atoms with Crippen LogP contribution in [0, 0.1) is 6.92 Å². The number of carbonyl (C=O) groups is 1. The van der Waals surface area contributed by atoms with Crippen LogP contribution in [0.15, 0.2) is 30.6 Å². The number of nitrogens with zero attached hydrogens (tertiary/aromatic N) is 3. The minimum Gasteiger partial charge on any atom is -0.397 e. The summed E-state index contributed by atoms with van der Waals surface area (Å²) in [5.74, 6) is -0.147. The fraction of sp³-hybridized carbons (Fsp3) is 0.214. The van der Waals surface area contributed by atoms with Gasteiger partial charge in [-0.2, -0.15) is 0 Å². The quantitative estimate of drug-likeness (QED) is 0.769. The summed E-state index contributed by atoms with van der Waals surface area (Å²) in [5, 5.41) is 11.3. The zero-order valence-corrected chi connectivity index (χ0v) is 12.4. The summed E-state index contributed by atoms with van der Waals surface area (Å²) >= 11 is 1.42. The van der Waals surface area contributed by atoms with Gasteiger partial charge in [0, 0.05) is 22.8 Å². The third kappa shape index (κ3) is 2.73. The molecule has 3 rings (SSSR count). The average molecular weight is 301 g/mol. The third-order valence-electron chi connectivity index (χ3n) is 3.19. The number of thiophene rings is 1. The van der Waals surface area contributed by atoms with Gasteiger partial charge in [-0.3, -0.25) is 9.48 Å². The first-order chi connectivity index (χ1) is 10.1. The lowest BCUT2D eigenvalue weighted by atomic mass is 10.1. The number of nitrogen functional groups attached to an aromatic ring is 1. The molecule has 0 aliphatic heterocycles. The number of nitrogens with two attached hydrogens (primary N) is 1. The Balaban J connectivity index is 1.73. The molecule has 0 radical (unpaired) electrons. The number of fused-ring (bicyclic) bond motifs is 1. The Hall–Kier alpha value is -2.41. The second-order valence-corrected chi connectivity index (χ2v) is 5.82. The third-order valence-corrected chi connectivity index (χ3v) is 4.36. The largest absolute Gasteiger partial charge is 0.397 e. The Bertz CT molecular complexity index is 778. The predicted molar refractivity (Wildman–Crippen MR) is 83.3 cm³/mol. The molecule has 1 aromatic carbocycles. The monoisotopic (exact) mass is 301 g/mol. The molecule has 0 fully saturated rings. The number of amides is 1. The molecule has 7 heteroatoms. The van der Waals surface area contributed by atoms with Gasteiger partial charge in [-0.25, -0.2) is 0 Å². The van der Waals surface area contributed by atoms with E-state index in [9.17, 15) is 4.79 Å². The van der Waals surface area contributed by atoms with E-state index < -0.39 is 0 Å². The minimum absolute atomic E-state index is 0.147. The van der Waals surface area contributed by atoms with Gasteiger partial charge in [0.2, 0.25) is 0 Å². The van der Waals surface area contributed by atoms with E-state index in [0.29, 0.717) is 23.7 Å². The maximum atomic E-state index is 12.2. The van der Waals surface area contributed by atoms with Crippen LogP contribution >= 0.6 is 11.3 Å². The van der Waals surface area contributed by atoms with E-state index >= 15 is 0 Å². The van der Waals surface area contributed by atoms with Gasteiger partial charge in [0.1, 0.15) is 4.88 Å². The second-order valence-electron chi connectivity index (χ2n) is 4.77. The van der Waals surface area contributed by atoms with E-state index in [1.165, 1.54) is 11.3 Å². The van der Waals surface area contributed by atoms with Crippen molar-refractivity contribution in [3.63, 3.8) is 0 Å². The van der Waals surface area contributed by atoms with Gasteiger partial charge in [-0.05, 0) is 18.6 Å². The average Bonchev–Trinajstić information content (AvgIpc) is 3.07. The lowest BCUT2D eigenvalue weighted by Crippen LogP contribution is -2.27. The second kappa shape index (κ2) is 5.53. The molecule has 1 amide bonds. The van der Waals surface area contributed by atoms with Crippen LogP contribution in [-0.4, -0.2) is 27.4 Å². The van der Waals surface area contributed by atoms with Gasteiger partial charge >= 0.3 is 0 Å². The maximum Gasteiger partial charge on any atom is 0.263 e. The fourth-order valence-electron chi connectivity index (χ4n) is 2.11. The van der Waals surface area contributed by atoms with E-state index in [2.05, 4.69) is 15.6 Å². The van der Waals surface area contributed by atoms with Gasteiger partial charge in [0.15, 0.2) is 0 Å². The molecule has 0 saturated carbocycles. The summed E-state index contributed by atoms with van der Waals surface area (Å²) in [6.07, 6.45) is 3.36. The van der Waals surface area contributed by atoms with Crippen molar-refractivity contribution in [1.29, 1.82) is 0 Å². The van der Waals surface area contributed by atoms with E-state index in [4.69, 9.17) is 5.73 Å². The highest BCUT2D eigenvalue weighted by Crippen LogP contribution is 2.33. The van der Waals surface area contributed by atoms with Crippen LogP contribution in [-0.2, 0) is 6.54 Å². The highest BCUT2D eigenvalue weighted by Gasteiger charge is 2.15. The summed E-state index contributed by atoms with van der Waals surface area (Å²) in [5.41, 5.74) is 7.78. The molecule has 3 aromatic rings. The Labute approximate surface area is 125 Å². The molecule has 3 N–H and O–H groups in total. The highest BCUT2D eigenvalue weighted by molar-refractivity contribution is 7.21. The molecule has 0 bridgehead atoms. The van der Waals surface area contributed by atoms with Crippen molar-refractivity contribution in [3.05, 3.63) is 41.0 Å². The molecule has 2 aromatic heterocycles. The Morgan fingerprint density at radius 2 is 2.33 bits per heavy atom. The summed E-state index contributed by atoms with van der Waals surface area (Å²) in [7, 11) is 0. The number of carbonyl (C=O) groups excluding carboxylic acids is 1. The Morgan fingerprint density at radius 3 is 3.10 bits per heavy atom. The fourth-order valence-corrected chi connectivity index (χ4v) is 3.25. The predicted octanol–water partition coefficient (Wildman–Crippen LogP) is 1.81. The van der Waals surface area contributed by atoms with Crippen molar-refractivity contribution in [2.75, 3.05) is 12.3 Å². The van der Waals surface area contributed by atoms with E-state index in [0.717, 1.165) is 15.6 Å². The molecular weight excluding hydrogens is 286 g/mol. The first kappa shape index (κ1) is 13.6. The minimum atomic E-state index is -0.147. The maximum absolute atomic E-state index is 12.2. The number of aryl methyl sites for hydroxylation is 1. The molecule has 6 nitrogen and oxygen atoms in total. The number of anilines is 1. The molecule has 0 atom stereocenters. The van der Waals surface area contributed by atoms with Crippen molar-refractivity contribution < 1.29 is 4.79 Å². The van der Waals surface area contributed by atoms with E-state index in [1.54, 1.807) is 17.1 Å². The van der Waals surface area contributed by atoms with Crippen molar-refractivity contribution in [2.24, 2.45) is 0 Å². The summed E-state index contributed by atoms with van der Waals surface area (Å²) in [6.45, 7) is 3.08. The number of benzene rings is 1. The van der Waals surface area contributed by atoms with Gasteiger partial charge < -0.3 is 11.1 Å². The van der Waals surface area contributed by atoms with Crippen LogP contribution in [0.5, 0.6) is 0 Å². The molecular formula is C14H15N5OS. The normalized spacial score (nSPS) is 10.9. The topological polar surface area (TPSA) is 85.8 Å². The number of hydrogen-bond acceptors (Lipinski definition) is 5. The van der Waals surface area contributed by atoms with Gasteiger partial charge in [-0.15, -0.1) is 16.4 Å². The highest BCUT2D eigenvalue weighted by atomic mass is 32.1.